The Hall–Kier alpha value is -1.32. The lowest BCUT2D eigenvalue weighted by Crippen LogP contribution is -2.16. The minimum Gasteiger partial charge on any atom is -0.466 e. The summed E-state index contributed by atoms with van der Waals surface area (Å²) in [5.74, 6) is -0.955. The molecule has 0 saturated heterocycles. The van der Waals surface area contributed by atoms with Crippen molar-refractivity contribution in [1.82, 2.24) is 0 Å². The molecule has 0 aromatic heterocycles. The van der Waals surface area contributed by atoms with Crippen LogP contribution in [0.4, 0.5) is 0 Å². The van der Waals surface area contributed by atoms with Crippen LogP contribution >= 0.6 is 0 Å². The van der Waals surface area contributed by atoms with Gasteiger partial charge in [-0.05, 0) is 32.6 Å². The molecule has 4 nitrogen and oxygen atoms in total. The van der Waals surface area contributed by atoms with Crippen LogP contribution in [-0.2, 0) is 19.1 Å². The van der Waals surface area contributed by atoms with E-state index >= 15 is 0 Å². The van der Waals surface area contributed by atoms with Crippen LogP contribution in [0.15, 0.2) is 11.6 Å². The Morgan fingerprint density at radius 2 is 1.87 bits per heavy atom. The summed E-state index contributed by atoms with van der Waals surface area (Å²) < 4.78 is 9.62. The van der Waals surface area contributed by atoms with E-state index in [0.717, 1.165) is 31.8 Å². The molecule has 1 saturated carbocycles. The third-order valence-corrected chi connectivity index (χ3v) is 2.43. The van der Waals surface area contributed by atoms with Gasteiger partial charge >= 0.3 is 11.9 Å². The molecule has 0 spiro atoms. The Labute approximate surface area is 89.2 Å². The molecule has 0 aromatic carbocycles. The first-order valence-corrected chi connectivity index (χ1v) is 5.10. The van der Waals surface area contributed by atoms with Crippen molar-refractivity contribution >= 4 is 11.9 Å². The van der Waals surface area contributed by atoms with Gasteiger partial charge in [-0.15, -0.1) is 0 Å². The van der Waals surface area contributed by atoms with Gasteiger partial charge in [0, 0.05) is 11.6 Å². The van der Waals surface area contributed by atoms with Gasteiger partial charge in [-0.25, -0.2) is 9.59 Å². The SMILES string of the molecule is COC(=O)/C=C(/C)C(=O)OC1CCCC1. The molecule has 1 aliphatic carbocycles. The van der Waals surface area contributed by atoms with Gasteiger partial charge in [0.1, 0.15) is 6.10 Å². The summed E-state index contributed by atoms with van der Waals surface area (Å²) in [6.45, 7) is 1.55. The molecule has 0 amide bonds. The van der Waals surface area contributed by atoms with Crippen LogP contribution in [0.25, 0.3) is 0 Å². The molecule has 1 fully saturated rings. The zero-order valence-electron chi connectivity index (χ0n) is 9.12. The summed E-state index contributed by atoms with van der Waals surface area (Å²) in [4.78, 5) is 22.3. The van der Waals surface area contributed by atoms with Crippen molar-refractivity contribution in [2.75, 3.05) is 7.11 Å². The van der Waals surface area contributed by atoms with E-state index in [0.29, 0.717) is 0 Å². The standard InChI is InChI=1S/C11H16O4/c1-8(7-10(12)14-2)11(13)15-9-5-3-4-6-9/h7,9H,3-6H2,1-2H3/b8-7-. The van der Waals surface area contributed by atoms with Gasteiger partial charge in [-0.1, -0.05) is 0 Å². The van der Waals surface area contributed by atoms with Crippen LogP contribution in [0.3, 0.4) is 0 Å². The Kier molecular flexibility index (Phi) is 4.34. The van der Waals surface area contributed by atoms with E-state index in [9.17, 15) is 9.59 Å². The van der Waals surface area contributed by atoms with Crippen LogP contribution < -0.4 is 0 Å². The molecule has 15 heavy (non-hydrogen) atoms. The van der Waals surface area contributed by atoms with Crippen molar-refractivity contribution in [2.45, 2.75) is 38.7 Å². The summed E-state index contributed by atoms with van der Waals surface area (Å²) in [7, 11) is 1.27. The van der Waals surface area contributed by atoms with Gasteiger partial charge in [0.25, 0.3) is 0 Å². The van der Waals surface area contributed by atoms with E-state index in [-0.39, 0.29) is 11.7 Å². The lowest BCUT2D eigenvalue weighted by atomic mass is 10.2. The number of carbonyl (C=O) groups is 2. The average molecular weight is 212 g/mol. The topological polar surface area (TPSA) is 52.6 Å². The van der Waals surface area contributed by atoms with Crippen LogP contribution in [0, 0.1) is 0 Å². The molecule has 0 atom stereocenters. The number of esters is 2. The molecule has 1 aliphatic rings. The van der Waals surface area contributed by atoms with Crippen LogP contribution in [0.2, 0.25) is 0 Å². The Balaban J connectivity index is 2.45. The fraction of sp³-hybridized carbons (Fsp3) is 0.636. The van der Waals surface area contributed by atoms with Gasteiger partial charge in [0.2, 0.25) is 0 Å². The molecule has 4 heteroatoms. The van der Waals surface area contributed by atoms with Crippen molar-refractivity contribution in [3.8, 4) is 0 Å². The second-order valence-electron chi connectivity index (χ2n) is 3.66. The maximum Gasteiger partial charge on any atom is 0.334 e. The monoisotopic (exact) mass is 212 g/mol. The molecule has 0 radical (unpaired) electrons. The van der Waals surface area contributed by atoms with Gasteiger partial charge in [-0.2, -0.15) is 0 Å². The highest BCUT2D eigenvalue weighted by atomic mass is 16.5. The first kappa shape index (κ1) is 11.8. The normalized spacial score (nSPS) is 17.6. The molecule has 1 rings (SSSR count). The highest BCUT2D eigenvalue weighted by Crippen LogP contribution is 2.21. The molecule has 0 N–H and O–H groups in total. The Morgan fingerprint density at radius 1 is 1.27 bits per heavy atom. The molecule has 0 bridgehead atoms. The van der Waals surface area contributed by atoms with Crippen molar-refractivity contribution in [2.24, 2.45) is 0 Å². The summed E-state index contributed by atoms with van der Waals surface area (Å²) in [5.41, 5.74) is 0.286. The van der Waals surface area contributed by atoms with Crippen LogP contribution in [0.5, 0.6) is 0 Å². The first-order valence-electron chi connectivity index (χ1n) is 5.10. The second-order valence-corrected chi connectivity index (χ2v) is 3.66. The van der Waals surface area contributed by atoms with E-state index in [4.69, 9.17) is 4.74 Å². The fourth-order valence-electron chi connectivity index (χ4n) is 1.55. The number of methoxy groups -OCH3 is 1. The molecule has 0 aromatic rings. The van der Waals surface area contributed by atoms with Crippen molar-refractivity contribution in [1.29, 1.82) is 0 Å². The minimum absolute atomic E-state index is 0.0264. The highest BCUT2D eigenvalue weighted by molar-refractivity contribution is 5.95. The third-order valence-electron chi connectivity index (χ3n) is 2.43. The maximum absolute atomic E-state index is 11.5. The quantitative estimate of drug-likeness (QED) is 0.526. The van der Waals surface area contributed by atoms with Gasteiger partial charge < -0.3 is 9.47 Å². The van der Waals surface area contributed by atoms with E-state index in [1.54, 1.807) is 6.92 Å². The third kappa shape index (κ3) is 3.73. The number of ether oxygens (including phenoxy) is 2. The summed E-state index contributed by atoms with van der Waals surface area (Å²) >= 11 is 0. The minimum atomic E-state index is -0.532. The summed E-state index contributed by atoms with van der Waals surface area (Å²) in [6.07, 6.45) is 5.25. The van der Waals surface area contributed by atoms with Crippen LogP contribution in [-0.4, -0.2) is 25.2 Å². The molecular formula is C11H16O4. The van der Waals surface area contributed by atoms with Gasteiger partial charge in [-0.3, -0.25) is 0 Å². The number of hydrogen-bond acceptors (Lipinski definition) is 4. The molecule has 0 unspecified atom stereocenters. The zero-order valence-corrected chi connectivity index (χ0v) is 9.12. The summed E-state index contributed by atoms with van der Waals surface area (Å²) in [5, 5.41) is 0. The molecule has 84 valence electrons. The zero-order chi connectivity index (χ0) is 11.3. The number of rotatable bonds is 3. The fourth-order valence-corrected chi connectivity index (χ4v) is 1.55. The maximum atomic E-state index is 11.5. The second kappa shape index (κ2) is 5.53. The Bertz CT molecular complexity index is 274. The molecule has 0 heterocycles. The lowest BCUT2D eigenvalue weighted by Gasteiger charge is -2.10. The predicted octanol–water partition coefficient (Wildman–Crippen LogP) is 1.59. The lowest BCUT2D eigenvalue weighted by molar-refractivity contribution is -0.144. The van der Waals surface area contributed by atoms with E-state index in [1.807, 2.05) is 0 Å². The van der Waals surface area contributed by atoms with Crippen molar-refractivity contribution < 1.29 is 19.1 Å². The van der Waals surface area contributed by atoms with Crippen LogP contribution in [0.1, 0.15) is 32.6 Å². The number of carbonyl (C=O) groups excluding carboxylic acids is 2. The van der Waals surface area contributed by atoms with Gasteiger partial charge in [0.05, 0.1) is 7.11 Å². The molecular weight excluding hydrogens is 196 g/mol. The smallest absolute Gasteiger partial charge is 0.334 e. The van der Waals surface area contributed by atoms with Crippen molar-refractivity contribution in [3.63, 3.8) is 0 Å². The summed E-state index contributed by atoms with van der Waals surface area (Å²) in [6, 6.07) is 0. The largest absolute Gasteiger partial charge is 0.466 e. The Morgan fingerprint density at radius 3 is 2.40 bits per heavy atom. The van der Waals surface area contributed by atoms with E-state index in [2.05, 4.69) is 4.74 Å². The molecule has 0 aliphatic heterocycles. The van der Waals surface area contributed by atoms with Gasteiger partial charge in [0.15, 0.2) is 0 Å². The average Bonchev–Trinajstić information content (AvgIpc) is 2.70. The van der Waals surface area contributed by atoms with E-state index < -0.39 is 11.9 Å². The first-order chi connectivity index (χ1) is 7.13. The predicted molar refractivity (Wildman–Crippen MR) is 54.1 cm³/mol. The number of hydrogen-bond donors (Lipinski definition) is 0. The van der Waals surface area contributed by atoms with Crippen molar-refractivity contribution in [3.05, 3.63) is 11.6 Å². The highest BCUT2D eigenvalue weighted by Gasteiger charge is 2.20. The van der Waals surface area contributed by atoms with E-state index in [1.165, 1.54) is 7.11 Å².